The summed E-state index contributed by atoms with van der Waals surface area (Å²) < 4.78 is 0. The zero-order chi connectivity index (χ0) is 13.4. The second-order valence-electron chi connectivity index (χ2n) is 5.69. The number of hydrogen-bond acceptors (Lipinski definition) is 1. The van der Waals surface area contributed by atoms with Crippen LogP contribution in [0.5, 0.6) is 0 Å². The van der Waals surface area contributed by atoms with Gasteiger partial charge in [-0.25, -0.2) is 0 Å². The second kappa shape index (κ2) is 8.31. The third-order valence-electron chi connectivity index (χ3n) is 3.69. The van der Waals surface area contributed by atoms with Gasteiger partial charge in [-0.3, -0.25) is 0 Å². The highest BCUT2D eigenvalue weighted by molar-refractivity contribution is 5.20. The molecule has 0 heterocycles. The first kappa shape index (κ1) is 15.2. The van der Waals surface area contributed by atoms with E-state index in [4.69, 9.17) is 0 Å². The SMILES string of the molecule is CCNC(CCCC(C)C)C(C)c1ccccc1. The molecule has 1 rings (SSSR count). The molecule has 1 aromatic carbocycles. The number of nitrogens with one attached hydrogen (secondary N) is 1. The molecule has 1 heteroatoms. The van der Waals surface area contributed by atoms with Crippen LogP contribution < -0.4 is 5.32 Å². The van der Waals surface area contributed by atoms with Crippen LogP contribution >= 0.6 is 0 Å². The number of likely N-dealkylation sites (N-methyl/N-ethyl adjacent to an activating group) is 1. The summed E-state index contributed by atoms with van der Waals surface area (Å²) in [6, 6.07) is 11.5. The molecule has 0 bridgehead atoms. The first-order chi connectivity index (χ1) is 8.65. The Morgan fingerprint density at radius 3 is 2.22 bits per heavy atom. The first-order valence-corrected chi connectivity index (χ1v) is 7.43. The lowest BCUT2D eigenvalue weighted by atomic mass is 9.89. The topological polar surface area (TPSA) is 12.0 Å². The molecule has 0 aliphatic rings. The van der Waals surface area contributed by atoms with Gasteiger partial charge in [-0.1, -0.05) is 70.9 Å². The van der Waals surface area contributed by atoms with Crippen molar-refractivity contribution < 1.29 is 0 Å². The van der Waals surface area contributed by atoms with Crippen molar-refractivity contribution in [3.8, 4) is 0 Å². The van der Waals surface area contributed by atoms with Crippen molar-refractivity contribution in [2.75, 3.05) is 6.54 Å². The molecule has 2 unspecified atom stereocenters. The molecule has 0 aromatic heterocycles. The lowest BCUT2D eigenvalue weighted by Gasteiger charge is -2.25. The van der Waals surface area contributed by atoms with Crippen LogP contribution in [0.25, 0.3) is 0 Å². The molecule has 1 N–H and O–H groups in total. The van der Waals surface area contributed by atoms with Crippen LogP contribution in [0.15, 0.2) is 30.3 Å². The van der Waals surface area contributed by atoms with Crippen molar-refractivity contribution >= 4 is 0 Å². The average molecular weight is 247 g/mol. The van der Waals surface area contributed by atoms with E-state index in [-0.39, 0.29) is 0 Å². The number of rotatable bonds is 8. The predicted molar refractivity (Wildman–Crippen MR) is 81.0 cm³/mol. The van der Waals surface area contributed by atoms with Gasteiger partial charge in [-0.2, -0.15) is 0 Å². The van der Waals surface area contributed by atoms with Crippen LogP contribution in [0.3, 0.4) is 0 Å². The Balaban J connectivity index is 2.55. The molecule has 0 radical (unpaired) electrons. The van der Waals surface area contributed by atoms with Crippen LogP contribution in [0.2, 0.25) is 0 Å². The minimum absolute atomic E-state index is 0.596. The number of benzene rings is 1. The van der Waals surface area contributed by atoms with Gasteiger partial charge in [0.15, 0.2) is 0 Å². The van der Waals surface area contributed by atoms with Crippen molar-refractivity contribution in [3.05, 3.63) is 35.9 Å². The molecule has 0 spiro atoms. The van der Waals surface area contributed by atoms with Crippen LogP contribution in [0.1, 0.15) is 58.4 Å². The minimum atomic E-state index is 0.596. The van der Waals surface area contributed by atoms with E-state index in [1.807, 2.05) is 0 Å². The fourth-order valence-electron chi connectivity index (χ4n) is 2.53. The Morgan fingerprint density at radius 1 is 1.00 bits per heavy atom. The van der Waals surface area contributed by atoms with E-state index in [2.05, 4.69) is 63.3 Å². The smallest absolute Gasteiger partial charge is 0.0133 e. The van der Waals surface area contributed by atoms with E-state index in [1.165, 1.54) is 24.8 Å². The van der Waals surface area contributed by atoms with Crippen LogP contribution in [-0.2, 0) is 0 Å². The lowest BCUT2D eigenvalue weighted by Crippen LogP contribution is -2.33. The van der Waals surface area contributed by atoms with Crippen molar-refractivity contribution in [2.45, 2.75) is 58.9 Å². The summed E-state index contributed by atoms with van der Waals surface area (Å²) in [5.41, 5.74) is 1.45. The van der Waals surface area contributed by atoms with Gasteiger partial charge in [0.2, 0.25) is 0 Å². The molecule has 0 amide bonds. The van der Waals surface area contributed by atoms with Gasteiger partial charge in [0, 0.05) is 6.04 Å². The largest absolute Gasteiger partial charge is 0.314 e. The van der Waals surface area contributed by atoms with Gasteiger partial charge < -0.3 is 5.32 Å². The summed E-state index contributed by atoms with van der Waals surface area (Å²) >= 11 is 0. The summed E-state index contributed by atoms with van der Waals surface area (Å²) in [5, 5.41) is 3.65. The van der Waals surface area contributed by atoms with E-state index >= 15 is 0 Å². The van der Waals surface area contributed by atoms with E-state index in [0.717, 1.165) is 12.5 Å². The molecule has 0 fully saturated rings. The minimum Gasteiger partial charge on any atom is -0.314 e. The summed E-state index contributed by atoms with van der Waals surface area (Å²) in [5.74, 6) is 1.41. The van der Waals surface area contributed by atoms with E-state index in [9.17, 15) is 0 Å². The van der Waals surface area contributed by atoms with Crippen molar-refractivity contribution in [1.82, 2.24) is 5.32 Å². The van der Waals surface area contributed by atoms with Gasteiger partial charge in [-0.05, 0) is 30.4 Å². The van der Waals surface area contributed by atoms with Crippen LogP contribution in [-0.4, -0.2) is 12.6 Å². The highest BCUT2D eigenvalue weighted by Crippen LogP contribution is 2.23. The van der Waals surface area contributed by atoms with Crippen molar-refractivity contribution in [3.63, 3.8) is 0 Å². The Labute approximate surface area is 113 Å². The molecular formula is C17H29N. The van der Waals surface area contributed by atoms with E-state index in [1.54, 1.807) is 0 Å². The van der Waals surface area contributed by atoms with Crippen molar-refractivity contribution in [1.29, 1.82) is 0 Å². The molecule has 18 heavy (non-hydrogen) atoms. The summed E-state index contributed by atoms with van der Waals surface area (Å²) in [6.07, 6.45) is 3.94. The summed E-state index contributed by atoms with van der Waals surface area (Å²) in [7, 11) is 0. The van der Waals surface area contributed by atoms with Gasteiger partial charge in [0.1, 0.15) is 0 Å². The third kappa shape index (κ3) is 5.22. The molecule has 1 aromatic rings. The number of hydrogen-bond donors (Lipinski definition) is 1. The zero-order valence-electron chi connectivity index (χ0n) is 12.4. The Bertz CT molecular complexity index is 305. The zero-order valence-corrected chi connectivity index (χ0v) is 12.4. The maximum atomic E-state index is 3.65. The van der Waals surface area contributed by atoms with Crippen LogP contribution in [0, 0.1) is 5.92 Å². The van der Waals surface area contributed by atoms with Gasteiger partial charge in [0.05, 0.1) is 0 Å². The molecule has 0 aliphatic carbocycles. The van der Waals surface area contributed by atoms with E-state index < -0.39 is 0 Å². The standard InChI is InChI=1S/C17H29N/c1-5-18-17(13-9-10-14(2)3)15(4)16-11-7-6-8-12-16/h6-8,11-12,14-15,17-18H,5,9-10,13H2,1-4H3. The molecule has 0 saturated carbocycles. The molecule has 102 valence electrons. The maximum Gasteiger partial charge on any atom is 0.0133 e. The summed E-state index contributed by atoms with van der Waals surface area (Å²) in [4.78, 5) is 0. The van der Waals surface area contributed by atoms with E-state index in [0.29, 0.717) is 12.0 Å². The Kier molecular flexibility index (Phi) is 7.04. The monoisotopic (exact) mass is 247 g/mol. The van der Waals surface area contributed by atoms with Crippen LogP contribution in [0.4, 0.5) is 0 Å². The fourth-order valence-corrected chi connectivity index (χ4v) is 2.53. The maximum absolute atomic E-state index is 3.65. The lowest BCUT2D eigenvalue weighted by molar-refractivity contribution is 0.402. The van der Waals surface area contributed by atoms with Gasteiger partial charge in [-0.15, -0.1) is 0 Å². The predicted octanol–water partition coefficient (Wildman–Crippen LogP) is 4.59. The van der Waals surface area contributed by atoms with Crippen molar-refractivity contribution in [2.24, 2.45) is 5.92 Å². The highest BCUT2D eigenvalue weighted by Gasteiger charge is 2.17. The van der Waals surface area contributed by atoms with Gasteiger partial charge >= 0.3 is 0 Å². The molecular weight excluding hydrogens is 218 g/mol. The second-order valence-corrected chi connectivity index (χ2v) is 5.69. The normalized spacial score (nSPS) is 14.7. The quantitative estimate of drug-likeness (QED) is 0.708. The highest BCUT2D eigenvalue weighted by atomic mass is 14.9. The van der Waals surface area contributed by atoms with Gasteiger partial charge in [0.25, 0.3) is 0 Å². The fraction of sp³-hybridized carbons (Fsp3) is 0.647. The third-order valence-corrected chi connectivity index (χ3v) is 3.69. The Hall–Kier alpha value is -0.820. The first-order valence-electron chi connectivity index (χ1n) is 7.43. The molecule has 0 saturated heterocycles. The average Bonchev–Trinajstić information content (AvgIpc) is 2.37. The molecule has 2 atom stereocenters. The Morgan fingerprint density at radius 2 is 1.67 bits per heavy atom. The molecule has 0 aliphatic heterocycles. The molecule has 1 nitrogen and oxygen atoms in total. The summed E-state index contributed by atoms with van der Waals surface area (Å²) in [6.45, 7) is 10.2.